The number of ether oxygens (including phenoxy) is 1. The maximum absolute atomic E-state index is 13.5. The van der Waals surface area contributed by atoms with Gasteiger partial charge >= 0.3 is 0 Å². The van der Waals surface area contributed by atoms with Crippen LogP contribution < -0.4 is 14.5 Å². The number of aryl methyl sites for hydroxylation is 3. The average molecular weight is 542 g/mol. The first-order valence-electron chi connectivity index (χ1n) is 12.5. The molecule has 7 nitrogen and oxygen atoms in total. The van der Waals surface area contributed by atoms with Crippen molar-refractivity contribution >= 4 is 27.8 Å². The molecular formula is C31H31N3O4S. The van der Waals surface area contributed by atoms with E-state index in [1.807, 2.05) is 81.4 Å². The van der Waals surface area contributed by atoms with Crippen molar-refractivity contribution in [3.8, 4) is 5.75 Å². The second-order valence-corrected chi connectivity index (χ2v) is 11.1. The molecule has 0 radical (unpaired) electrons. The number of hydrogen-bond acceptors (Lipinski definition) is 5. The monoisotopic (exact) mass is 541 g/mol. The van der Waals surface area contributed by atoms with E-state index in [2.05, 4.69) is 10.5 Å². The Kier molecular flexibility index (Phi) is 8.78. The fourth-order valence-corrected chi connectivity index (χ4v) is 5.46. The highest BCUT2D eigenvalue weighted by atomic mass is 32.2. The highest BCUT2D eigenvalue weighted by Gasteiger charge is 2.28. The summed E-state index contributed by atoms with van der Waals surface area (Å²) in [6.07, 6.45) is 1.49. The Morgan fingerprint density at radius 2 is 1.54 bits per heavy atom. The van der Waals surface area contributed by atoms with E-state index in [1.54, 1.807) is 24.3 Å². The van der Waals surface area contributed by atoms with E-state index in [-0.39, 0.29) is 4.90 Å². The Bertz CT molecular complexity index is 1550. The number of carbonyl (C=O) groups is 1. The number of rotatable bonds is 10. The Morgan fingerprint density at radius 3 is 2.21 bits per heavy atom. The molecule has 0 bridgehead atoms. The molecule has 0 aliphatic carbocycles. The molecule has 39 heavy (non-hydrogen) atoms. The molecule has 0 aliphatic rings. The number of carbonyl (C=O) groups excluding carboxylic acids is 1. The lowest BCUT2D eigenvalue weighted by atomic mass is 10.1. The molecule has 0 fully saturated rings. The number of amides is 1. The third-order valence-corrected chi connectivity index (χ3v) is 7.82. The molecule has 0 aromatic heterocycles. The molecule has 0 aliphatic heterocycles. The molecule has 0 atom stereocenters. The Labute approximate surface area is 229 Å². The summed E-state index contributed by atoms with van der Waals surface area (Å²) in [5.41, 5.74) is 7.65. The van der Waals surface area contributed by atoms with Crippen molar-refractivity contribution in [2.75, 3.05) is 10.8 Å². The first-order valence-corrected chi connectivity index (χ1v) is 13.9. The van der Waals surface area contributed by atoms with Gasteiger partial charge in [0.2, 0.25) is 0 Å². The molecule has 4 rings (SSSR count). The van der Waals surface area contributed by atoms with Crippen LogP contribution in [0.1, 0.15) is 27.8 Å². The number of anilines is 1. The second kappa shape index (κ2) is 12.4. The van der Waals surface area contributed by atoms with E-state index in [0.29, 0.717) is 18.0 Å². The van der Waals surface area contributed by atoms with Crippen LogP contribution in [-0.2, 0) is 21.4 Å². The summed E-state index contributed by atoms with van der Waals surface area (Å²) in [5, 5.41) is 4.02. The molecule has 4 aromatic rings. The van der Waals surface area contributed by atoms with Crippen molar-refractivity contribution in [1.82, 2.24) is 5.43 Å². The lowest BCUT2D eigenvalue weighted by Gasteiger charge is -2.25. The smallest absolute Gasteiger partial charge is 0.264 e. The Balaban J connectivity index is 1.41. The zero-order chi connectivity index (χ0) is 27.8. The van der Waals surface area contributed by atoms with Crippen molar-refractivity contribution in [3.05, 3.63) is 125 Å². The second-order valence-electron chi connectivity index (χ2n) is 9.25. The van der Waals surface area contributed by atoms with E-state index in [1.165, 1.54) is 23.9 Å². The van der Waals surface area contributed by atoms with Gasteiger partial charge in [-0.2, -0.15) is 5.10 Å². The van der Waals surface area contributed by atoms with Gasteiger partial charge < -0.3 is 4.74 Å². The maximum Gasteiger partial charge on any atom is 0.264 e. The molecule has 1 amide bonds. The minimum atomic E-state index is -3.99. The van der Waals surface area contributed by atoms with E-state index in [0.717, 1.165) is 26.6 Å². The highest BCUT2D eigenvalue weighted by molar-refractivity contribution is 7.92. The summed E-state index contributed by atoms with van der Waals surface area (Å²) < 4.78 is 33.9. The lowest BCUT2D eigenvalue weighted by Crippen LogP contribution is -2.40. The van der Waals surface area contributed by atoms with E-state index >= 15 is 0 Å². The van der Waals surface area contributed by atoms with Crippen LogP contribution in [0, 0.1) is 20.8 Å². The van der Waals surface area contributed by atoms with Gasteiger partial charge in [-0.25, -0.2) is 13.8 Å². The minimum Gasteiger partial charge on any atom is -0.489 e. The molecule has 1 N–H and O–H groups in total. The summed E-state index contributed by atoms with van der Waals surface area (Å²) in [6.45, 7) is 5.83. The maximum atomic E-state index is 13.5. The van der Waals surface area contributed by atoms with Gasteiger partial charge in [-0.3, -0.25) is 9.10 Å². The Hall–Kier alpha value is -4.43. The first kappa shape index (κ1) is 27.6. The van der Waals surface area contributed by atoms with Gasteiger partial charge in [0.1, 0.15) is 18.9 Å². The zero-order valence-electron chi connectivity index (χ0n) is 22.2. The number of nitrogens with zero attached hydrogens (tertiary/aromatic N) is 2. The van der Waals surface area contributed by atoms with Crippen LogP contribution in [0.3, 0.4) is 0 Å². The normalized spacial score (nSPS) is 11.4. The third-order valence-electron chi connectivity index (χ3n) is 6.05. The van der Waals surface area contributed by atoms with Crippen LogP contribution in [-0.4, -0.2) is 27.1 Å². The quantitative estimate of drug-likeness (QED) is 0.211. The summed E-state index contributed by atoms with van der Waals surface area (Å²) in [4.78, 5) is 12.9. The first-order chi connectivity index (χ1) is 18.7. The fraction of sp³-hybridized carbons (Fsp3) is 0.161. The topological polar surface area (TPSA) is 88.1 Å². The molecule has 0 unspecified atom stereocenters. The van der Waals surface area contributed by atoms with Crippen molar-refractivity contribution in [1.29, 1.82) is 0 Å². The molecular weight excluding hydrogens is 510 g/mol. The van der Waals surface area contributed by atoms with E-state index < -0.39 is 22.5 Å². The van der Waals surface area contributed by atoms with Gasteiger partial charge in [0.15, 0.2) is 0 Å². The summed E-state index contributed by atoms with van der Waals surface area (Å²) >= 11 is 0. The SMILES string of the molecule is Cc1ccc(COc2ccc(/C=N/NC(=O)CN(c3ccc(C)cc3C)S(=O)(=O)c3ccccc3)cc2)cc1. The molecule has 200 valence electrons. The van der Waals surface area contributed by atoms with E-state index in [9.17, 15) is 13.2 Å². The molecule has 0 saturated carbocycles. The standard InChI is InChI=1S/C31H31N3O4S/c1-23-9-12-27(13-10-23)22-38-28-16-14-26(15-17-28)20-32-33-31(35)21-34(30-18-11-24(2)19-25(30)3)39(36,37)29-7-5-4-6-8-29/h4-20H,21-22H2,1-3H3,(H,33,35)/b32-20+. The number of sulfonamides is 1. The zero-order valence-corrected chi connectivity index (χ0v) is 23.0. The van der Waals surface area contributed by atoms with Gasteiger partial charge in [-0.15, -0.1) is 0 Å². The third kappa shape index (κ3) is 7.33. The average Bonchev–Trinajstić information content (AvgIpc) is 2.93. The predicted octanol–water partition coefficient (Wildman–Crippen LogP) is 5.54. The van der Waals surface area contributed by atoms with Gasteiger partial charge in [0.25, 0.3) is 15.9 Å². The van der Waals surface area contributed by atoms with Gasteiger partial charge in [0, 0.05) is 0 Å². The number of hydrazone groups is 1. The van der Waals surface area contributed by atoms with Crippen LogP contribution >= 0.6 is 0 Å². The van der Waals surface area contributed by atoms with Gasteiger partial charge in [0.05, 0.1) is 16.8 Å². The van der Waals surface area contributed by atoms with E-state index in [4.69, 9.17) is 4.74 Å². The van der Waals surface area contributed by atoms with Crippen LogP contribution in [0.15, 0.2) is 107 Å². The molecule has 4 aromatic carbocycles. The number of hydrogen-bond donors (Lipinski definition) is 1. The van der Waals surface area contributed by atoms with Gasteiger partial charge in [-0.05, 0) is 79.9 Å². The summed E-state index contributed by atoms with van der Waals surface area (Å²) in [7, 11) is -3.99. The predicted molar refractivity (Wildman–Crippen MR) is 155 cm³/mol. The van der Waals surface area contributed by atoms with Crippen molar-refractivity contribution < 1.29 is 17.9 Å². The van der Waals surface area contributed by atoms with Gasteiger partial charge in [-0.1, -0.05) is 65.7 Å². The number of nitrogens with one attached hydrogen (secondary N) is 1. The largest absolute Gasteiger partial charge is 0.489 e. The summed E-state index contributed by atoms with van der Waals surface area (Å²) in [6, 6.07) is 28.9. The summed E-state index contributed by atoms with van der Waals surface area (Å²) in [5.74, 6) is 0.149. The lowest BCUT2D eigenvalue weighted by molar-refractivity contribution is -0.119. The van der Waals surface area contributed by atoms with Crippen LogP contribution in [0.2, 0.25) is 0 Å². The minimum absolute atomic E-state index is 0.103. The molecule has 8 heteroatoms. The highest BCUT2D eigenvalue weighted by Crippen LogP contribution is 2.27. The molecule has 0 heterocycles. The van der Waals surface area contributed by atoms with Crippen molar-refractivity contribution in [3.63, 3.8) is 0 Å². The molecule has 0 spiro atoms. The van der Waals surface area contributed by atoms with Crippen LogP contribution in [0.25, 0.3) is 0 Å². The Morgan fingerprint density at radius 1 is 0.872 bits per heavy atom. The fourth-order valence-electron chi connectivity index (χ4n) is 3.95. The number of benzene rings is 4. The van der Waals surface area contributed by atoms with Crippen molar-refractivity contribution in [2.45, 2.75) is 32.3 Å². The van der Waals surface area contributed by atoms with Crippen LogP contribution in [0.5, 0.6) is 5.75 Å². The molecule has 0 saturated heterocycles. The van der Waals surface area contributed by atoms with Crippen molar-refractivity contribution in [2.24, 2.45) is 5.10 Å². The van der Waals surface area contributed by atoms with Crippen LogP contribution in [0.4, 0.5) is 5.69 Å².